The molecule has 0 fully saturated rings. The Morgan fingerprint density at radius 1 is 1.25 bits per heavy atom. The Balaban J connectivity index is 4.61. The number of hydrogen-bond acceptors (Lipinski definition) is 0. The van der Waals surface area contributed by atoms with Crippen molar-refractivity contribution in [2.75, 3.05) is 0 Å². The van der Waals surface area contributed by atoms with Gasteiger partial charge in [0.15, 0.2) is 5.67 Å². The van der Waals surface area contributed by atoms with Gasteiger partial charge in [0.2, 0.25) is 0 Å². The first-order valence-electron chi connectivity index (χ1n) is 4.24. The monoisotopic (exact) mass is 181 g/mol. The molecule has 0 bridgehead atoms. The Bertz CT molecular complexity index is 124. The Morgan fingerprint density at radius 2 is 1.67 bits per heavy atom. The van der Waals surface area contributed by atoms with E-state index in [9.17, 15) is 13.2 Å². The fraction of sp³-hybridized carbons (Fsp3) is 0.889. The molecule has 73 valence electrons. The Hall–Kier alpha value is -0.210. The summed E-state index contributed by atoms with van der Waals surface area (Å²) in [6.45, 7) is 6.18. The predicted molar refractivity (Wildman–Crippen MR) is 43.6 cm³/mol. The molecule has 0 aromatic heterocycles. The minimum atomic E-state index is -2.41. The van der Waals surface area contributed by atoms with Crippen LogP contribution in [0.5, 0.6) is 0 Å². The minimum absolute atomic E-state index is 0.423. The highest BCUT2D eigenvalue weighted by Gasteiger charge is 2.49. The Kier molecular flexibility index (Phi) is 4.08. The van der Waals surface area contributed by atoms with Crippen molar-refractivity contribution in [2.45, 2.75) is 39.8 Å². The molecule has 0 nitrogen and oxygen atoms in total. The van der Waals surface area contributed by atoms with E-state index in [1.807, 2.05) is 0 Å². The van der Waals surface area contributed by atoms with E-state index in [-0.39, 0.29) is 0 Å². The van der Waals surface area contributed by atoms with Crippen molar-refractivity contribution < 1.29 is 13.2 Å². The quantitative estimate of drug-likeness (QED) is 0.618. The molecule has 0 saturated carbocycles. The van der Waals surface area contributed by atoms with E-state index in [4.69, 9.17) is 0 Å². The summed E-state index contributed by atoms with van der Waals surface area (Å²) in [4.78, 5) is 0. The van der Waals surface area contributed by atoms with E-state index in [2.05, 4.69) is 0 Å². The summed E-state index contributed by atoms with van der Waals surface area (Å²) in [6.07, 6.45) is -1.67. The second-order valence-electron chi connectivity index (χ2n) is 3.49. The van der Waals surface area contributed by atoms with Gasteiger partial charge in [-0.3, -0.25) is 0 Å². The lowest BCUT2D eigenvalue weighted by Crippen LogP contribution is -2.40. The molecule has 2 unspecified atom stereocenters. The van der Waals surface area contributed by atoms with Crippen molar-refractivity contribution in [1.82, 2.24) is 0 Å². The highest BCUT2D eigenvalue weighted by atomic mass is 19.3. The van der Waals surface area contributed by atoms with Gasteiger partial charge in [-0.05, 0) is 11.8 Å². The van der Waals surface area contributed by atoms with Gasteiger partial charge in [-0.15, -0.1) is 0 Å². The van der Waals surface area contributed by atoms with Crippen LogP contribution in [0.15, 0.2) is 0 Å². The smallest absolute Gasteiger partial charge is 0.236 e. The van der Waals surface area contributed by atoms with E-state index in [0.29, 0.717) is 6.42 Å². The molecule has 0 aliphatic rings. The van der Waals surface area contributed by atoms with Crippen molar-refractivity contribution in [3.8, 4) is 0 Å². The zero-order valence-corrected chi connectivity index (χ0v) is 8.00. The normalized spacial score (nSPS) is 19.8. The highest BCUT2D eigenvalue weighted by molar-refractivity contribution is 4.99. The zero-order valence-electron chi connectivity index (χ0n) is 8.00. The molecule has 2 atom stereocenters. The lowest BCUT2D eigenvalue weighted by molar-refractivity contribution is -0.0288. The average molecular weight is 181 g/mol. The lowest BCUT2D eigenvalue weighted by Gasteiger charge is -2.32. The maximum atomic E-state index is 13.6. The molecule has 3 heteroatoms. The number of rotatable bonds is 4. The molecule has 12 heavy (non-hydrogen) atoms. The van der Waals surface area contributed by atoms with Gasteiger partial charge >= 0.3 is 6.43 Å². The molecule has 0 aromatic rings. The van der Waals surface area contributed by atoms with Crippen LogP contribution in [0.2, 0.25) is 0 Å². The first kappa shape index (κ1) is 11.8. The molecule has 0 aliphatic heterocycles. The summed E-state index contributed by atoms with van der Waals surface area (Å²) in [5.74, 6) is -1.29. The third-order valence-electron chi connectivity index (χ3n) is 2.46. The Morgan fingerprint density at radius 3 is 1.75 bits per heavy atom. The maximum absolute atomic E-state index is 13.6. The van der Waals surface area contributed by atoms with Gasteiger partial charge in [0.1, 0.15) is 0 Å². The zero-order chi connectivity index (χ0) is 9.94. The standard InChI is InChI=1S/C9H16F3/c1-5-7(4)9(12,6(2)3)8(10)11/h6-7H,5H2,1-4H3. The third kappa shape index (κ3) is 1.93. The average Bonchev–Trinajstić information content (AvgIpc) is 2.00. The van der Waals surface area contributed by atoms with Crippen LogP contribution in [0.25, 0.3) is 0 Å². The molecule has 1 radical (unpaired) electrons. The largest absolute Gasteiger partial charge is 0.347 e. The first-order valence-corrected chi connectivity index (χ1v) is 4.24. The summed E-state index contributed by atoms with van der Waals surface area (Å²) < 4.78 is 38.3. The summed E-state index contributed by atoms with van der Waals surface area (Å²) >= 11 is 0. The van der Waals surface area contributed by atoms with Crippen molar-refractivity contribution in [3.05, 3.63) is 6.43 Å². The van der Waals surface area contributed by atoms with E-state index in [1.165, 1.54) is 20.8 Å². The molecule has 0 N–H and O–H groups in total. The number of halogens is 3. The van der Waals surface area contributed by atoms with E-state index >= 15 is 0 Å². The highest BCUT2D eigenvalue weighted by Crippen LogP contribution is 2.42. The fourth-order valence-corrected chi connectivity index (χ4v) is 1.27. The lowest BCUT2D eigenvalue weighted by atomic mass is 9.80. The summed E-state index contributed by atoms with van der Waals surface area (Å²) in [6, 6.07) is 0. The van der Waals surface area contributed by atoms with Crippen LogP contribution in [0.3, 0.4) is 0 Å². The maximum Gasteiger partial charge on any atom is 0.347 e. The molecule has 0 spiro atoms. The van der Waals surface area contributed by atoms with Gasteiger partial charge in [0.25, 0.3) is 0 Å². The minimum Gasteiger partial charge on any atom is -0.236 e. The molecular weight excluding hydrogens is 165 g/mol. The van der Waals surface area contributed by atoms with E-state index in [1.54, 1.807) is 6.92 Å². The van der Waals surface area contributed by atoms with Crippen LogP contribution in [-0.2, 0) is 0 Å². The van der Waals surface area contributed by atoms with Gasteiger partial charge in [-0.2, -0.15) is 8.78 Å². The topological polar surface area (TPSA) is 0 Å². The summed E-state index contributed by atoms with van der Waals surface area (Å²) in [5, 5.41) is 0. The molecule has 0 heterocycles. The van der Waals surface area contributed by atoms with Gasteiger partial charge in [-0.25, -0.2) is 4.39 Å². The molecule has 0 aliphatic carbocycles. The van der Waals surface area contributed by atoms with Crippen molar-refractivity contribution >= 4 is 0 Å². The Labute approximate surface area is 72.2 Å². The van der Waals surface area contributed by atoms with Crippen molar-refractivity contribution in [1.29, 1.82) is 0 Å². The van der Waals surface area contributed by atoms with E-state index in [0.717, 1.165) is 0 Å². The van der Waals surface area contributed by atoms with Gasteiger partial charge < -0.3 is 0 Å². The van der Waals surface area contributed by atoms with Gasteiger partial charge in [-0.1, -0.05) is 34.1 Å². The van der Waals surface area contributed by atoms with Crippen molar-refractivity contribution in [3.63, 3.8) is 0 Å². The third-order valence-corrected chi connectivity index (χ3v) is 2.46. The van der Waals surface area contributed by atoms with Crippen LogP contribution in [0.1, 0.15) is 34.1 Å². The van der Waals surface area contributed by atoms with Crippen LogP contribution >= 0.6 is 0 Å². The SMILES string of the molecule is CCC(C)C(F)([C](F)F)C(C)C. The second kappa shape index (κ2) is 4.15. The van der Waals surface area contributed by atoms with E-state index < -0.39 is 23.9 Å². The molecule has 0 saturated heterocycles. The summed E-state index contributed by atoms with van der Waals surface area (Å²) in [5.41, 5.74) is -2.41. The molecule has 0 amide bonds. The number of alkyl halides is 1. The fourth-order valence-electron chi connectivity index (χ4n) is 1.27. The van der Waals surface area contributed by atoms with Crippen molar-refractivity contribution in [2.24, 2.45) is 11.8 Å². The van der Waals surface area contributed by atoms with Crippen LogP contribution in [0, 0.1) is 18.3 Å². The number of hydrogen-bond donors (Lipinski definition) is 0. The molecule has 0 rings (SSSR count). The molecule has 0 aromatic carbocycles. The van der Waals surface area contributed by atoms with Crippen LogP contribution < -0.4 is 0 Å². The second-order valence-corrected chi connectivity index (χ2v) is 3.49. The van der Waals surface area contributed by atoms with Gasteiger partial charge in [0.05, 0.1) is 0 Å². The molecular formula is C9H16F3. The summed E-state index contributed by atoms with van der Waals surface area (Å²) in [7, 11) is 0. The van der Waals surface area contributed by atoms with Crippen LogP contribution in [0.4, 0.5) is 13.2 Å². The predicted octanol–water partition coefficient (Wildman–Crippen LogP) is 3.83. The van der Waals surface area contributed by atoms with Gasteiger partial charge in [0, 0.05) is 0 Å². The van der Waals surface area contributed by atoms with Crippen LogP contribution in [-0.4, -0.2) is 5.67 Å². The first-order chi connectivity index (χ1) is 5.37.